The van der Waals surface area contributed by atoms with Crippen molar-refractivity contribution < 1.29 is 0 Å². The standard InChI is InChI=1S/C19H17N5O.C17H13N5O.C16H11N5O/c1-3-23(4-2)14-7-6-13-18-17(14)19(25)16-11-9-21-22-12(11)5-8-15(16)24(18)10-20-13;1-21(2)12-5-4-11-16-15(12)17(23)14-9-7-19-20-10(9)3-6-13(14)22(16)8-18-11;1-17-10-2-3-11-15-14(10)16(22)13-8-6-19-20-9(8)4-5-12(13)21(15)7-18-11/h5-10H,3-4H2,1-2H3,(H,21,22);3-8H,1-2H3,(H,19,20);2-7,17H,1H3,(H,19,20). The molecule has 0 aliphatic heterocycles. The molecule has 9 aromatic heterocycles. The van der Waals surface area contributed by atoms with Crippen molar-refractivity contribution >= 4 is 132 Å². The number of nitrogens with zero attached hydrogens (tertiary/aromatic N) is 11. The van der Waals surface area contributed by atoms with E-state index in [0.717, 1.165) is 118 Å². The summed E-state index contributed by atoms with van der Waals surface area (Å²) in [6, 6.07) is 23.4. The molecule has 0 atom stereocenters. The Kier molecular flexibility index (Phi) is 8.76. The maximum atomic E-state index is 13.6. The van der Waals surface area contributed by atoms with E-state index in [2.05, 4.69) is 69.6 Å². The van der Waals surface area contributed by atoms with Crippen LogP contribution in [0.15, 0.2) is 125 Å². The summed E-state index contributed by atoms with van der Waals surface area (Å²) in [4.78, 5) is 57.6. The Labute approximate surface area is 393 Å². The molecule has 18 heteroatoms. The lowest BCUT2D eigenvalue weighted by Gasteiger charge is -2.22. The molecule has 0 aliphatic carbocycles. The fraction of sp³-hybridized carbons (Fsp3) is 0.135. The van der Waals surface area contributed by atoms with Gasteiger partial charge < -0.3 is 15.1 Å². The van der Waals surface area contributed by atoms with E-state index in [1.54, 1.807) is 37.6 Å². The molecule has 15 aromatic rings. The van der Waals surface area contributed by atoms with Gasteiger partial charge in [-0.25, -0.2) is 15.0 Å². The number of anilines is 3. The Bertz CT molecular complexity index is 4750. The van der Waals surface area contributed by atoms with Gasteiger partial charge >= 0.3 is 0 Å². The fourth-order valence-electron chi connectivity index (χ4n) is 10.6. The van der Waals surface area contributed by atoms with Crippen LogP contribution in [0.2, 0.25) is 0 Å². The highest BCUT2D eigenvalue weighted by Gasteiger charge is 2.22. The second kappa shape index (κ2) is 15.0. The summed E-state index contributed by atoms with van der Waals surface area (Å²) < 4.78 is 6.01. The van der Waals surface area contributed by atoms with E-state index in [1.807, 2.05) is 112 Å². The van der Waals surface area contributed by atoms with E-state index in [1.165, 1.54) is 0 Å². The fourth-order valence-corrected chi connectivity index (χ4v) is 10.6. The molecule has 0 saturated carbocycles. The van der Waals surface area contributed by atoms with E-state index in [0.29, 0.717) is 26.9 Å². The summed E-state index contributed by atoms with van der Waals surface area (Å²) in [5, 5.41) is 30.8. The largest absolute Gasteiger partial charge is 0.387 e. The number of fused-ring (bicyclic) bond motifs is 12. The van der Waals surface area contributed by atoms with Crippen molar-refractivity contribution in [1.82, 2.24) is 58.7 Å². The van der Waals surface area contributed by atoms with Gasteiger partial charge in [-0.15, -0.1) is 0 Å². The third kappa shape index (κ3) is 5.51. The molecule has 0 aliphatic rings. The molecule has 342 valence electrons. The number of aromatic nitrogens is 12. The zero-order valence-corrected chi connectivity index (χ0v) is 38.5. The number of hydrogen-bond donors (Lipinski definition) is 4. The highest BCUT2D eigenvalue weighted by Crippen LogP contribution is 2.35. The average molecular weight is 924 g/mol. The van der Waals surface area contributed by atoms with Crippen molar-refractivity contribution in [1.29, 1.82) is 0 Å². The zero-order chi connectivity index (χ0) is 47.7. The lowest BCUT2D eigenvalue weighted by molar-refractivity contribution is 0.870. The van der Waals surface area contributed by atoms with Gasteiger partial charge in [0.05, 0.1) is 123 Å². The minimum Gasteiger partial charge on any atom is -0.387 e. The Morgan fingerprint density at radius 1 is 0.486 bits per heavy atom. The predicted molar refractivity (Wildman–Crippen MR) is 279 cm³/mol. The van der Waals surface area contributed by atoms with Gasteiger partial charge in [-0.2, -0.15) is 15.3 Å². The number of hydrogen-bond acceptors (Lipinski definition) is 12. The van der Waals surface area contributed by atoms with Crippen molar-refractivity contribution in [2.45, 2.75) is 13.8 Å². The number of benzene rings is 6. The van der Waals surface area contributed by atoms with Gasteiger partial charge in [0.2, 0.25) is 0 Å². The quantitative estimate of drug-likeness (QED) is 0.122. The first-order valence-corrected chi connectivity index (χ1v) is 22.8. The van der Waals surface area contributed by atoms with E-state index in [9.17, 15) is 14.4 Å². The van der Waals surface area contributed by atoms with Gasteiger partial charge in [0.1, 0.15) is 19.0 Å². The van der Waals surface area contributed by atoms with E-state index in [-0.39, 0.29) is 16.3 Å². The minimum absolute atomic E-state index is 0.00458. The molecular formula is C52H41N15O3. The van der Waals surface area contributed by atoms with Crippen LogP contribution in [0.25, 0.3) is 115 Å². The Morgan fingerprint density at radius 3 is 1.29 bits per heavy atom. The number of H-pyrrole nitrogens is 3. The van der Waals surface area contributed by atoms with Crippen molar-refractivity contribution in [3.63, 3.8) is 0 Å². The predicted octanol–water partition coefficient (Wildman–Crippen LogP) is 7.90. The van der Waals surface area contributed by atoms with Gasteiger partial charge in [-0.05, 0) is 86.6 Å². The second-order valence-electron chi connectivity index (χ2n) is 17.5. The van der Waals surface area contributed by atoms with Crippen LogP contribution in [0.5, 0.6) is 0 Å². The first-order chi connectivity index (χ1) is 34.2. The Hall–Kier alpha value is -9.45. The van der Waals surface area contributed by atoms with Crippen molar-refractivity contribution in [3.8, 4) is 0 Å². The van der Waals surface area contributed by atoms with Crippen molar-refractivity contribution in [3.05, 3.63) is 141 Å². The monoisotopic (exact) mass is 923 g/mol. The Morgan fingerprint density at radius 2 is 0.871 bits per heavy atom. The first-order valence-electron chi connectivity index (χ1n) is 22.8. The molecule has 9 heterocycles. The normalized spacial score (nSPS) is 12.1. The van der Waals surface area contributed by atoms with Crippen LogP contribution < -0.4 is 31.4 Å². The summed E-state index contributed by atoms with van der Waals surface area (Å²) in [6.45, 7) is 5.90. The van der Waals surface area contributed by atoms with Crippen LogP contribution in [-0.2, 0) is 0 Å². The van der Waals surface area contributed by atoms with E-state index < -0.39 is 0 Å². The van der Waals surface area contributed by atoms with Gasteiger partial charge in [-0.1, -0.05) is 0 Å². The lowest BCUT2D eigenvalue weighted by Crippen LogP contribution is -2.24. The molecule has 0 fully saturated rings. The SMILES string of the molecule is CCN(CC)c1ccc2ncn3c4ccc5[nH]ncc5c4c(=O)c1c23.CN(C)c1ccc2ncn3c4ccc5[nH]ncc5c4c(=O)c1c23.CNc1ccc2ncn3c4ccc5[nH]ncc5c4c(=O)c1c23. The summed E-state index contributed by atoms with van der Waals surface area (Å²) in [6.07, 6.45) is 10.5. The summed E-state index contributed by atoms with van der Waals surface area (Å²) in [5.41, 5.74) is 13.0. The second-order valence-corrected chi connectivity index (χ2v) is 17.5. The smallest absolute Gasteiger partial charge is 0.200 e. The highest BCUT2D eigenvalue weighted by atomic mass is 16.1. The molecule has 15 rings (SSSR count). The number of rotatable bonds is 5. The van der Waals surface area contributed by atoms with Crippen LogP contribution in [0.4, 0.5) is 17.1 Å². The van der Waals surface area contributed by atoms with Crippen LogP contribution in [0, 0.1) is 0 Å². The molecule has 0 bridgehead atoms. The molecule has 18 nitrogen and oxygen atoms in total. The third-order valence-electron chi connectivity index (χ3n) is 13.9. The molecule has 70 heavy (non-hydrogen) atoms. The molecule has 6 aromatic carbocycles. The maximum absolute atomic E-state index is 13.6. The minimum atomic E-state index is 0.00458. The van der Waals surface area contributed by atoms with Gasteiger partial charge in [0.15, 0.2) is 16.3 Å². The molecular weight excluding hydrogens is 883 g/mol. The molecule has 0 saturated heterocycles. The lowest BCUT2D eigenvalue weighted by atomic mass is 10.0. The molecule has 0 spiro atoms. The van der Waals surface area contributed by atoms with Gasteiger partial charge in [0, 0.05) is 61.8 Å². The first kappa shape index (κ1) is 40.8. The molecule has 4 N–H and O–H groups in total. The van der Waals surface area contributed by atoms with Crippen LogP contribution in [0.3, 0.4) is 0 Å². The molecule has 0 radical (unpaired) electrons. The third-order valence-corrected chi connectivity index (χ3v) is 13.9. The van der Waals surface area contributed by atoms with Crippen LogP contribution >= 0.6 is 0 Å². The summed E-state index contributed by atoms with van der Waals surface area (Å²) >= 11 is 0. The molecule has 0 unspecified atom stereocenters. The summed E-state index contributed by atoms with van der Waals surface area (Å²) in [7, 11) is 5.71. The maximum Gasteiger partial charge on any atom is 0.200 e. The van der Waals surface area contributed by atoms with Gasteiger partial charge in [0.25, 0.3) is 0 Å². The van der Waals surface area contributed by atoms with E-state index in [4.69, 9.17) is 0 Å². The van der Waals surface area contributed by atoms with E-state index >= 15 is 0 Å². The highest BCUT2D eigenvalue weighted by molar-refractivity contribution is 6.16. The van der Waals surface area contributed by atoms with Crippen LogP contribution in [-0.4, -0.2) is 93.0 Å². The number of pyridine rings is 3. The number of nitrogens with one attached hydrogen (secondary N) is 4. The zero-order valence-electron chi connectivity index (χ0n) is 38.5. The average Bonchev–Trinajstić information content (AvgIpc) is 4.25. The number of aromatic amines is 3. The Balaban J connectivity index is 0.000000103. The van der Waals surface area contributed by atoms with Crippen molar-refractivity contribution in [2.75, 3.05) is 49.3 Å². The van der Waals surface area contributed by atoms with Gasteiger partial charge in [-0.3, -0.25) is 42.9 Å². The topological polar surface area (TPSA) is 208 Å². The van der Waals surface area contributed by atoms with Crippen LogP contribution in [0.1, 0.15) is 13.8 Å². The summed E-state index contributed by atoms with van der Waals surface area (Å²) in [5.74, 6) is 0. The molecule has 0 amide bonds. The van der Waals surface area contributed by atoms with Crippen molar-refractivity contribution in [2.24, 2.45) is 0 Å². The number of imidazole rings is 3.